The SMILES string of the molecule is N#Cc1ccc(C(N)=CC=NCCN)cc1. The lowest BCUT2D eigenvalue weighted by Gasteiger charge is -1.99. The minimum Gasteiger partial charge on any atom is -0.398 e. The van der Waals surface area contributed by atoms with Crippen molar-refractivity contribution in [3.8, 4) is 6.07 Å². The number of nitrogens with zero attached hydrogens (tertiary/aromatic N) is 2. The molecule has 0 aliphatic rings. The summed E-state index contributed by atoms with van der Waals surface area (Å²) in [6.45, 7) is 1.12. The third-order valence-corrected chi connectivity index (χ3v) is 1.97. The predicted molar refractivity (Wildman–Crippen MR) is 65.7 cm³/mol. The second-order valence-electron chi connectivity index (χ2n) is 3.16. The van der Waals surface area contributed by atoms with E-state index < -0.39 is 0 Å². The molecule has 0 bridgehead atoms. The van der Waals surface area contributed by atoms with Crippen molar-refractivity contribution >= 4 is 11.9 Å². The highest BCUT2D eigenvalue weighted by Crippen LogP contribution is 2.09. The van der Waals surface area contributed by atoms with Gasteiger partial charge in [0.15, 0.2) is 0 Å². The summed E-state index contributed by atoms with van der Waals surface area (Å²) in [7, 11) is 0. The van der Waals surface area contributed by atoms with Gasteiger partial charge in [-0.3, -0.25) is 4.99 Å². The first-order valence-corrected chi connectivity index (χ1v) is 4.94. The lowest BCUT2D eigenvalue weighted by molar-refractivity contribution is 0.981. The fourth-order valence-corrected chi connectivity index (χ4v) is 1.12. The molecule has 0 heterocycles. The van der Waals surface area contributed by atoms with Gasteiger partial charge in [-0.25, -0.2) is 0 Å². The zero-order valence-electron chi connectivity index (χ0n) is 8.93. The third-order valence-electron chi connectivity index (χ3n) is 1.97. The van der Waals surface area contributed by atoms with E-state index >= 15 is 0 Å². The molecule has 0 saturated carbocycles. The van der Waals surface area contributed by atoms with Gasteiger partial charge in [0.25, 0.3) is 0 Å². The predicted octanol–water partition coefficient (Wildman–Crippen LogP) is 0.887. The molecule has 1 aromatic carbocycles. The zero-order chi connectivity index (χ0) is 11.8. The topological polar surface area (TPSA) is 88.2 Å². The molecule has 0 saturated heterocycles. The first-order chi connectivity index (χ1) is 7.77. The standard InChI is InChI=1S/C12H14N4/c13-6-8-16-7-5-12(15)11-3-1-10(9-14)2-4-11/h1-5,7H,6,8,13,15H2. The van der Waals surface area contributed by atoms with Crippen molar-refractivity contribution in [2.24, 2.45) is 16.5 Å². The quantitative estimate of drug-likeness (QED) is 0.729. The zero-order valence-corrected chi connectivity index (χ0v) is 8.93. The fourth-order valence-electron chi connectivity index (χ4n) is 1.12. The number of nitrogens with two attached hydrogens (primary N) is 2. The Morgan fingerprint density at radius 2 is 2.06 bits per heavy atom. The van der Waals surface area contributed by atoms with E-state index in [-0.39, 0.29) is 0 Å². The lowest BCUT2D eigenvalue weighted by Crippen LogP contribution is -2.02. The lowest BCUT2D eigenvalue weighted by atomic mass is 10.1. The summed E-state index contributed by atoms with van der Waals surface area (Å²) in [5.74, 6) is 0. The molecular weight excluding hydrogens is 200 g/mol. The summed E-state index contributed by atoms with van der Waals surface area (Å²) in [6, 6.07) is 9.12. The molecule has 4 nitrogen and oxygen atoms in total. The summed E-state index contributed by atoms with van der Waals surface area (Å²) in [5, 5.41) is 8.64. The van der Waals surface area contributed by atoms with E-state index in [4.69, 9.17) is 16.7 Å². The third kappa shape index (κ3) is 3.56. The van der Waals surface area contributed by atoms with Crippen molar-refractivity contribution in [3.63, 3.8) is 0 Å². The van der Waals surface area contributed by atoms with Crippen molar-refractivity contribution in [1.29, 1.82) is 5.26 Å². The molecule has 16 heavy (non-hydrogen) atoms. The Morgan fingerprint density at radius 1 is 1.38 bits per heavy atom. The normalized spacial score (nSPS) is 11.6. The fraction of sp³-hybridized carbons (Fsp3) is 0.167. The Labute approximate surface area is 94.9 Å². The van der Waals surface area contributed by atoms with E-state index in [0.29, 0.717) is 24.4 Å². The van der Waals surface area contributed by atoms with Gasteiger partial charge in [0.05, 0.1) is 18.2 Å². The summed E-state index contributed by atoms with van der Waals surface area (Å²) in [5.41, 5.74) is 13.2. The molecule has 0 amide bonds. The molecule has 0 aliphatic carbocycles. The molecule has 0 radical (unpaired) electrons. The van der Waals surface area contributed by atoms with Crippen LogP contribution < -0.4 is 11.5 Å². The van der Waals surface area contributed by atoms with E-state index in [2.05, 4.69) is 11.1 Å². The molecule has 0 unspecified atom stereocenters. The van der Waals surface area contributed by atoms with Gasteiger partial charge in [0, 0.05) is 18.5 Å². The largest absolute Gasteiger partial charge is 0.398 e. The van der Waals surface area contributed by atoms with E-state index in [9.17, 15) is 0 Å². The number of nitriles is 1. The van der Waals surface area contributed by atoms with Gasteiger partial charge < -0.3 is 11.5 Å². The Hall–Kier alpha value is -2.12. The Bertz CT molecular complexity index is 423. The van der Waals surface area contributed by atoms with Gasteiger partial charge >= 0.3 is 0 Å². The van der Waals surface area contributed by atoms with Gasteiger partial charge in [0.2, 0.25) is 0 Å². The van der Waals surface area contributed by atoms with Crippen LogP contribution in [0.5, 0.6) is 0 Å². The molecule has 1 aromatic rings. The van der Waals surface area contributed by atoms with Gasteiger partial charge in [-0.05, 0) is 23.8 Å². The molecule has 0 spiro atoms. The van der Waals surface area contributed by atoms with E-state index in [1.165, 1.54) is 0 Å². The molecule has 0 atom stereocenters. The molecule has 0 aromatic heterocycles. The molecule has 0 fully saturated rings. The van der Waals surface area contributed by atoms with Crippen LogP contribution in [0.4, 0.5) is 0 Å². The van der Waals surface area contributed by atoms with Gasteiger partial charge in [-0.2, -0.15) is 5.26 Å². The number of rotatable bonds is 4. The average molecular weight is 214 g/mol. The molecule has 0 aliphatic heterocycles. The highest BCUT2D eigenvalue weighted by Gasteiger charge is 1.95. The van der Waals surface area contributed by atoms with Crippen molar-refractivity contribution in [1.82, 2.24) is 0 Å². The maximum absolute atomic E-state index is 8.64. The second kappa shape index (κ2) is 6.38. The smallest absolute Gasteiger partial charge is 0.0991 e. The Morgan fingerprint density at radius 3 is 2.62 bits per heavy atom. The van der Waals surface area contributed by atoms with Crippen LogP contribution in [0.1, 0.15) is 11.1 Å². The van der Waals surface area contributed by atoms with Crippen LogP contribution in [0.15, 0.2) is 35.3 Å². The van der Waals surface area contributed by atoms with Crippen LogP contribution in [0, 0.1) is 11.3 Å². The highest BCUT2D eigenvalue weighted by molar-refractivity contribution is 5.83. The molecule has 4 heteroatoms. The maximum atomic E-state index is 8.64. The summed E-state index contributed by atoms with van der Waals surface area (Å²) < 4.78 is 0. The van der Waals surface area contributed by atoms with Crippen molar-refractivity contribution in [2.75, 3.05) is 13.1 Å². The Balaban J connectivity index is 2.72. The summed E-state index contributed by atoms with van der Waals surface area (Å²) >= 11 is 0. The number of benzene rings is 1. The first kappa shape index (κ1) is 12.0. The van der Waals surface area contributed by atoms with Crippen molar-refractivity contribution in [3.05, 3.63) is 41.5 Å². The van der Waals surface area contributed by atoms with Gasteiger partial charge in [-0.1, -0.05) is 12.1 Å². The molecule has 4 N–H and O–H groups in total. The van der Waals surface area contributed by atoms with Crippen LogP contribution in [-0.2, 0) is 0 Å². The molecule has 82 valence electrons. The van der Waals surface area contributed by atoms with Crippen molar-refractivity contribution < 1.29 is 0 Å². The number of aliphatic imine (C=N–C) groups is 1. The second-order valence-corrected chi connectivity index (χ2v) is 3.16. The van der Waals surface area contributed by atoms with Crippen LogP contribution in [0.2, 0.25) is 0 Å². The Kier molecular flexibility index (Phi) is 4.77. The van der Waals surface area contributed by atoms with Crippen molar-refractivity contribution in [2.45, 2.75) is 0 Å². The van der Waals surface area contributed by atoms with E-state index in [1.54, 1.807) is 36.6 Å². The van der Waals surface area contributed by atoms with Crippen LogP contribution >= 0.6 is 0 Å². The summed E-state index contributed by atoms with van der Waals surface area (Å²) in [6.07, 6.45) is 3.36. The van der Waals surface area contributed by atoms with Crippen LogP contribution in [0.25, 0.3) is 5.70 Å². The number of allylic oxidation sites excluding steroid dienone is 1. The maximum Gasteiger partial charge on any atom is 0.0991 e. The van der Waals surface area contributed by atoms with Crippen LogP contribution in [-0.4, -0.2) is 19.3 Å². The van der Waals surface area contributed by atoms with Crippen LogP contribution in [0.3, 0.4) is 0 Å². The summed E-state index contributed by atoms with van der Waals surface area (Å²) in [4.78, 5) is 4.03. The number of hydrogen-bond acceptors (Lipinski definition) is 4. The van der Waals surface area contributed by atoms with Gasteiger partial charge in [0.1, 0.15) is 0 Å². The highest BCUT2D eigenvalue weighted by atomic mass is 14.7. The van der Waals surface area contributed by atoms with Gasteiger partial charge in [-0.15, -0.1) is 0 Å². The minimum atomic E-state index is 0.529. The molecule has 1 rings (SSSR count). The first-order valence-electron chi connectivity index (χ1n) is 4.94. The number of hydrogen-bond donors (Lipinski definition) is 2. The van der Waals surface area contributed by atoms with E-state index in [0.717, 1.165) is 5.56 Å². The minimum absolute atomic E-state index is 0.529. The van der Waals surface area contributed by atoms with E-state index in [1.807, 2.05) is 0 Å². The monoisotopic (exact) mass is 214 g/mol. The average Bonchev–Trinajstić information content (AvgIpc) is 2.34. The molecular formula is C12H14N4.